The Bertz CT molecular complexity index is 661. The van der Waals surface area contributed by atoms with E-state index in [-0.39, 0.29) is 17.9 Å². The van der Waals surface area contributed by atoms with Crippen LogP contribution in [0.3, 0.4) is 0 Å². The normalized spacial score (nSPS) is 10.1. The zero-order valence-electron chi connectivity index (χ0n) is 10.4. The van der Waals surface area contributed by atoms with Crippen molar-refractivity contribution in [3.63, 3.8) is 0 Å². The Kier molecular flexibility index (Phi) is 3.93. The van der Waals surface area contributed by atoms with Crippen LogP contribution in [0.1, 0.15) is 16.1 Å². The molecule has 1 aromatic carbocycles. The minimum atomic E-state index is -0.769. The van der Waals surface area contributed by atoms with Gasteiger partial charge in [0.2, 0.25) is 5.76 Å². The van der Waals surface area contributed by atoms with Gasteiger partial charge in [0, 0.05) is 17.7 Å². The molecule has 0 N–H and O–H groups in total. The number of rotatable bonds is 5. The van der Waals surface area contributed by atoms with Crippen LogP contribution in [0.4, 0.5) is 11.4 Å². The van der Waals surface area contributed by atoms with E-state index in [1.807, 2.05) is 0 Å². The molecule has 0 spiro atoms. The van der Waals surface area contributed by atoms with Gasteiger partial charge in [0.25, 0.3) is 11.4 Å². The molecule has 21 heavy (non-hydrogen) atoms. The zero-order chi connectivity index (χ0) is 15.4. The van der Waals surface area contributed by atoms with Crippen molar-refractivity contribution < 1.29 is 23.8 Å². The van der Waals surface area contributed by atoms with Crippen LogP contribution in [0.2, 0.25) is 0 Å². The van der Waals surface area contributed by atoms with Gasteiger partial charge < -0.3 is 9.15 Å². The van der Waals surface area contributed by atoms with Gasteiger partial charge >= 0.3 is 5.97 Å². The number of hydrogen-bond donors (Lipinski definition) is 0. The number of nitro groups is 2. The number of hydrogen-bond acceptors (Lipinski definition) is 7. The molecule has 0 bridgehead atoms. The van der Waals surface area contributed by atoms with E-state index in [0.717, 1.165) is 18.2 Å². The number of furan rings is 1. The first-order chi connectivity index (χ1) is 9.97. The van der Waals surface area contributed by atoms with E-state index in [1.54, 1.807) is 0 Å². The van der Waals surface area contributed by atoms with E-state index in [9.17, 15) is 25.0 Å². The van der Waals surface area contributed by atoms with E-state index >= 15 is 0 Å². The van der Waals surface area contributed by atoms with E-state index < -0.39 is 27.2 Å². The summed E-state index contributed by atoms with van der Waals surface area (Å²) in [7, 11) is 0. The van der Waals surface area contributed by atoms with Crippen LogP contribution >= 0.6 is 0 Å². The number of benzene rings is 1. The summed E-state index contributed by atoms with van der Waals surface area (Å²) in [4.78, 5) is 31.4. The first-order valence-electron chi connectivity index (χ1n) is 5.61. The van der Waals surface area contributed by atoms with E-state index in [2.05, 4.69) is 0 Å². The molecule has 2 aromatic rings. The molecule has 0 aliphatic carbocycles. The quantitative estimate of drug-likeness (QED) is 0.470. The summed E-state index contributed by atoms with van der Waals surface area (Å²) in [5.74, 6) is -0.802. The maximum absolute atomic E-state index is 11.5. The van der Waals surface area contributed by atoms with Crippen molar-refractivity contribution in [1.29, 1.82) is 0 Å². The average molecular weight is 292 g/mol. The number of esters is 1. The van der Waals surface area contributed by atoms with Crippen LogP contribution in [0.15, 0.2) is 41.0 Å². The topological polar surface area (TPSA) is 126 Å². The van der Waals surface area contributed by atoms with Gasteiger partial charge in [0.05, 0.1) is 22.2 Å². The Labute approximate surface area is 117 Å². The fraction of sp³-hybridized carbons (Fsp3) is 0.0833. The molecular formula is C12H8N2O7. The second kappa shape index (κ2) is 5.82. The molecule has 108 valence electrons. The highest BCUT2D eigenvalue weighted by atomic mass is 16.6. The molecule has 1 aromatic heterocycles. The molecule has 0 saturated carbocycles. The number of ether oxygens (including phenoxy) is 1. The standard InChI is InChI=1S/C12H8N2O7/c15-12(11-2-1-3-20-11)21-7-8-4-9(13(16)17)6-10(5-8)14(18)19/h1-6H,7H2. The maximum Gasteiger partial charge on any atom is 0.374 e. The highest BCUT2D eigenvalue weighted by Crippen LogP contribution is 2.23. The summed E-state index contributed by atoms with van der Waals surface area (Å²) < 4.78 is 9.68. The lowest BCUT2D eigenvalue weighted by Crippen LogP contribution is -2.04. The molecule has 0 unspecified atom stereocenters. The molecule has 1 heterocycles. The third kappa shape index (κ3) is 3.41. The second-order valence-electron chi connectivity index (χ2n) is 3.93. The largest absolute Gasteiger partial charge is 0.457 e. The number of non-ortho nitro benzene ring substituents is 2. The molecule has 0 saturated heterocycles. The van der Waals surface area contributed by atoms with Crippen LogP contribution in [0.25, 0.3) is 0 Å². The first kappa shape index (κ1) is 14.2. The minimum Gasteiger partial charge on any atom is -0.457 e. The van der Waals surface area contributed by atoms with Gasteiger partial charge in [-0.25, -0.2) is 4.79 Å². The van der Waals surface area contributed by atoms with Crippen molar-refractivity contribution in [3.8, 4) is 0 Å². The maximum atomic E-state index is 11.5. The Hall–Kier alpha value is -3.23. The highest BCUT2D eigenvalue weighted by Gasteiger charge is 2.18. The molecule has 0 atom stereocenters. The van der Waals surface area contributed by atoms with Gasteiger partial charge in [0.15, 0.2) is 0 Å². The molecule has 9 nitrogen and oxygen atoms in total. The SMILES string of the molecule is O=C(OCc1cc([N+](=O)[O-])cc([N+](=O)[O-])c1)c1ccco1. The Morgan fingerprint density at radius 2 is 1.76 bits per heavy atom. The van der Waals surface area contributed by atoms with Gasteiger partial charge in [-0.3, -0.25) is 20.2 Å². The van der Waals surface area contributed by atoms with Crippen molar-refractivity contribution in [2.45, 2.75) is 6.61 Å². The van der Waals surface area contributed by atoms with Crippen LogP contribution in [-0.2, 0) is 11.3 Å². The van der Waals surface area contributed by atoms with Gasteiger partial charge in [-0.05, 0) is 12.1 Å². The minimum absolute atomic E-state index is 0.0325. The second-order valence-corrected chi connectivity index (χ2v) is 3.93. The summed E-state index contributed by atoms with van der Waals surface area (Å²) >= 11 is 0. The molecule has 0 aliphatic heterocycles. The van der Waals surface area contributed by atoms with Crippen molar-refractivity contribution in [2.24, 2.45) is 0 Å². The smallest absolute Gasteiger partial charge is 0.374 e. The van der Waals surface area contributed by atoms with Crippen molar-refractivity contribution in [1.82, 2.24) is 0 Å². The number of nitro benzene ring substituents is 2. The number of carbonyl (C=O) groups excluding carboxylic acids is 1. The number of nitrogens with zero attached hydrogens (tertiary/aromatic N) is 2. The summed E-state index contributed by atoms with van der Waals surface area (Å²) in [6.45, 7) is -0.345. The number of carbonyl (C=O) groups is 1. The van der Waals surface area contributed by atoms with Crippen molar-refractivity contribution >= 4 is 17.3 Å². The third-order valence-corrected chi connectivity index (χ3v) is 2.48. The highest BCUT2D eigenvalue weighted by molar-refractivity contribution is 5.86. The molecule has 9 heteroatoms. The summed E-state index contributed by atoms with van der Waals surface area (Å²) in [6.07, 6.45) is 1.29. The summed E-state index contributed by atoms with van der Waals surface area (Å²) in [5, 5.41) is 21.4. The Balaban J connectivity index is 2.17. The fourth-order valence-corrected chi connectivity index (χ4v) is 1.57. The van der Waals surface area contributed by atoms with Gasteiger partial charge in [-0.2, -0.15) is 0 Å². The predicted octanol–water partition coefficient (Wildman–Crippen LogP) is 2.45. The Morgan fingerprint density at radius 3 is 2.24 bits per heavy atom. The van der Waals surface area contributed by atoms with Crippen LogP contribution in [0, 0.1) is 20.2 Å². The third-order valence-electron chi connectivity index (χ3n) is 2.48. The molecule has 0 radical (unpaired) electrons. The van der Waals surface area contributed by atoms with Gasteiger partial charge in [-0.1, -0.05) is 0 Å². The van der Waals surface area contributed by atoms with Crippen LogP contribution < -0.4 is 0 Å². The predicted molar refractivity (Wildman–Crippen MR) is 67.6 cm³/mol. The van der Waals surface area contributed by atoms with Crippen molar-refractivity contribution in [3.05, 3.63) is 68.1 Å². The lowest BCUT2D eigenvalue weighted by Gasteiger charge is -2.03. The van der Waals surface area contributed by atoms with Gasteiger partial charge in [-0.15, -0.1) is 0 Å². The molecular weight excluding hydrogens is 284 g/mol. The molecule has 0 aliphatic rings. The summed E-state index contributed by atoms with van der Waals surface area (Å²) in [6, 6.07) is 5.91. The van der Waals surface area contributed by atoms with Gasteiger partial charge in [0.1, 0.15) is 6.61 Å². The lowest BCUT2D eigenvalue weighted by molar-refractivity contribution is -0.394. The van der Waals surface area contributed by atoms with Crippen LogP contribution in [-0.4, -0.2) is 15.8 Å². The monoisotopic (exact) mass is 292 g/mol. The Morgan fingerprint density at radius 1 is 1.14 bits per heavy atom. The lowest BCUT2D eigenvalue weighted by atomic mass is 10.2. The molecule has 2 rings (SSSR count). The van der Waals surface area contributed by atoms with E-state index in [4.69, 9.17) is 9.15 Å². The fourth-order valence-electron chi connectivity index (χ4n) is 1.57. The van der Waals surface area contributed by atoms with E-state index in [0.29, 0.717) is 0 Å². The molecule has 0 amide bonds. The van der Waals surface area contributed by atoms with Crippen molar-refractivity contribution in [2.75, 3.05) is 0 Å². The van der Waals surface area contributed by atoms with Crippen LogP contribution in [0.5, 0.6) is 0 Å². The summed E-state index contributed by atoms with van der Waals surface area (Å²) in [5.41, 5.74) is -0.766. The zero-order valence-corrected chi connectivity index (χ0v) is 10.4. The average Bonchev–Trinajstić information content (AvgIpc) is 2.98. The first-order valence-corrected chi connectivity index (χ1v) is 5.61. The molecule has 0 fully saturated rings. The van der Waals surface area contributed by atoms with E-state index in [1.165, 1.54) is 18.4 Å².